The van der Waals surface area contributed by atoms with Gasteiger partial charge < -0.3 is 9.47 Å². The number of hydrogen-bond donors (Lipinski definition) is 1. The van der Waals surface area contributed by atoms with Gasteiger partial charge in [0.15, 0.2) is 0 Å². The molecule has 1 saturated heterocycles. The summed E-state index contributed by atoms with van der Waals surface area (Å²) in [6.07, 6.45) is 5.18. The average Bonchev–Trinajstić information content (AvgIpc) is 3.25. The third kappa shape index (κ3) is 4.54. The second kappa shape index (κ2) is 8.88. The summed E-state index contributed by atoms with van der Waals surface area (Å²) in [5.74, 6) is 0.244. The molecule has 1 aliphatic rings. The molecule has 1 amide bonds. The van der Waals surface area contributed by atoms with Crippen molar-refractivity contribution < 1.29 is 4.79 Å². The van der Waals surface area contributed by atoms with Crippen LogP contribution in [0.4, 0.5) is 0 Å². The summed E-state index contributed by atoms with van der Waals surface area (Å²) in [6.45, 7) is 10.5. The van der Waals surface area contributed by atoms with Crippen molar-refractivity contribution in [2.75, 3.05) is 6.54 Å². The number of rotatable bonds is 7. The minimum absolute atomic E-state index is 0.000535. The summed E-state index contributed by atoms with van der Waals surface area (Å²) in [5.41, 5.74) is 3.74. The minimum atomic E-state index is -0.169. The maximum absolute atomic E-state index is 13.4. The molecule has 1 aliphatic heterocycles. The fourth-order valence-corrected chi connectivity index (χ4v) is 4.73. The first-order valence-electron chi connectivity index (χ1n) is 11.6. The normalized spacial score (nSPS) is 19.5. The van der Waals surface area contributed by atoms with Crippen molar-refractivity contribution in [3.05, 3.63) is 71.9 Å². The predicted octanol–water partition coefficient (Wildman–Crippen LogP) is 5.20. The van der Waals surface area contributed by atoms with Gasteiger partial charge in [0.1, 0.15) is 0 Å². The van der Waals surface area contributed by atoms with Gasteiger partial charge >= 0.3 is 0 Å². The maximum atomic E-state index is 13.4. The first-order chi connectivity index (χ1) is 14.9. The van der Waals surface area contributed by atoms with E-state index in [9.17, 15) is 4.79 Å². The fourth-order valence-electron chi connectivity index (χ4n) is 4.73. The van der Waals surface area contributed by atoms with Crippen LogP contribution >= 0.6 is 0 Å². The largest absolute Gasteiger partial charge is 0.343 e. The molecule has 1 fully saturated rings. The van der Waals surface area contributed by atoms with Crippen molar-refractivity contribution in [3.8, 4) is 0 Å². The van der Waals surface area contributed by atoms with Crippen LogP contribution in [-0.4, -0.2) is 34.1 Å². The van der Waals surface area contributed by atoms with Gasteiger partial charge in [-0.2, -0.15) is 0 Å². The lowest BCUT2D eigenvalue weighted by Crippen LogP contribution is -2.47. The Morgan fingerprint density at radius 2 is 1.71 bits per heavy atom. The van der Waals surface area contributed by atoms with Gasteiger partial charge in [-0.3, -0.25) is 10.1 Å². The van der Waals surface area contributed by atoms with Crippen molar-refractivity contribution >= 4 is 16.8 Å². The average molecular weight is 418 g/mol. The number of benzene rings is 2. The Hall–Kier alpha value is -2.59. The van der Waals surface area contributed by atoms with Crippen LogP contribution < -0.4 is 5.32 Å². The number of carbonyl (C=O) groups is 1. The molecule has 4 rings (SSSR count). The molecule has 31 heavy (non-hydrogen) atoms. The van der Waals surface area contributed by atoms with Crippen LogP contribution in [0.3, 0.4) is 0 Å². The van der Waals surface area contributed by atoms with Crippen LogP contribution in [0.5, 0.6) is 0 Å². The lowest BCUT2D eigenvalue weighted by Gasteiger charge is -2.34. The van der Waals surface area contributed by atoms with Gasteiger partial charge in [-0.15, -0.1) is 0 Å². The molecule has 0 aliphatic carbocycles. The number of nitrogens with zero attached hydrogens (tertiary/aromatic N) is 2. The van der Waals surface area contributed by atoms with E-state index in [1.54, 1.807) is 0 Å². The molecule has 4 heteroatoms. The predicted molar refractivity (Wildman–Crippen MR) is 128 cm³/mol. The molecule has 0 bridgehead atoms. The van der Waals surface area contributed by atoms with Gasteiger partial charge in [0.25, 0.3) is 0 Å². The van der Waals surface area contributed by atoms with Gasteiger partial charge in [0.05, 0.1) is 12.2 Å². The molecule has 0 radical (unpaired) electrons. The first-order valence-corrected chi connectivity index (χ1v) is 11.6. The van der Waals surface area contributed by atoms with Crippen molar-refractivity contribution in [1.29, 1.82) is 0 Å². The summed E-state index contributed by atoms with van der Waals surface area (Å²) in [7, 11) is 0. The number of carbonyl (C=O) groups excluding carboxylic acids is 1. The summed E-state index contributed by atoms with van der Waals surface area (Å²) in [6, 6.07) is 18.9. The van der Waals surface area contributed by atoms with E-state index in [-0.39, 0.29) is 23.5 Å². The van der Waals surface area contributed by atoms with Crippen molar-refractivity contribution in [2.24, 2.45) is 5.41 Å². The summed E-state index contributed by atoms with van der Waals surface area (Å²) in [4.78, 5) is 15.4. The first kappa shape index (κ1) is 21.6. The molecule has 1 aromatic heterocycles. The molecule has 0 spiro atoms. The standard InChI is InChI=1S/C27H35N3O/c1-5-6-16-30-25(31)23(28-26(30)27(2,3)4)17-21-19-29(18-20-12-8-7-9-13-20)24-15-11-10-14-22(21)24/h7-15,19,23,26,28H,5-6,16-18H2,1-4H3/t23-,26-/m1/s1. The van der Waals surface area contributed by atoms with E-state index in [1.165, 1.54) is 22.0 Å². The summed E-state index contributed by atoms with van der Waals surface area (Å²) >= 11 is 0. The number of aromatic nitrogens is 1. The Bertz CT molecular complexity index is 1030. The highest BCUT2D eigenvalue weighted by Gasteiger charge is 2.43. The minimum Gasteiger partial charge on any atom is -0.343 e. The van der Waals surface area contributed by atoms with Crippen LogP contribution in [0.1, 0.15) is 51.7 Å². The Morgan fingerprint density at radius 1 is 1.00 bits per heavy atom. The van der Waals surface area contributed by atoms with Crippen LogP contribution in [0, 0.1) is 5.41 Å². The maximum Gasteiger partial charge on any atom is 0.241 e. The highest BCUT2D eigenvalue weighted by atomic mass is 16.2. The van der Waals surface area contributed by atoms with E-state index in [4.69, 9.17) is 0 Å². The highest BCUT2D eigenvalue weighted by molar-refractivity contribution is 5.88. The number of nitrogens with one attached hydrogen (secondary N) is 1. The molecule has 2 aromatic carbocycles. The molecule has 1 N–H and O–H groups in total. The van der Waals surface area contributed by atoms with E-state index in [0.717, 1.165) is 32.4 Å². The quantitative estimate of drug-likeness (QED) is 0.573. The lowest BCUT2D eigenvalue weighted by molar-refractivity contribution is -0.131. The third-order valence-corrected chi connectivity index (χ3v) is 6.32. The van der Waals surface area contributed by atoms with Gasteiger partial charge in [0.2, 0.25) is 5.91 Å². The Labute approximate surface area is 186 Å². The van der Waals surface area contributed by atoms with Gasteiger partial charge in [0, 0.05) is 30.2 Å². The lowest BCUT2D eigenvalue weighted by atomic mass is 9.91. The number of hydrogen-bond acceptors (Lipinski definition) is 2. The topological polar surface area (TPSA) is 37.3 Å². The van der Waals surface area contributed by atoms with Gasteiger partial charge in [-0.25, -0.2) is 0 Å². The second-order valence-electron chi connectivity index (χ2n) is 9.86. The van der Waals surface area contributed by atoms with E-state index in [1.807, 2.05) is 0 Å². The molecule has 2 atom stereocenters. The van der Waals surface area contributed by atoms with Crippen LogP contribution in [0.25, 0.3) is 10.9 Å². The summed E-state index contributed by atoms with van der Waals surface area (Å²) in [5, 5.41) is 4.92. The SMILES string of the molecule is CCCCN1C(=O)[C@@H](Cc2cn(Cc3ccccc3)c3ccccc23)N[C@H]1C(C)(C)C. The monoisotopic (exact) mass is 417 g/mol. The molecule has 0 unspecified atom stereocenters. The summed E-state index contributed by atoms with van der Waals surface area (Å²) < 4.78 is 2.32. The number of para-hydroxylation sites is 1. The molecular formula is C27H35N3O. The van der Waals surface area contributed by atoms with Gasteiger partial charge in [-0.05, 0) is 35.4 Å². The molecule has 164 valence electrons. The second-order valence-corrected chi connectivity index (χ2v) is 9.86. The Kier molecular flexibility index (Phi) is 6.19. The molecule has 2 heterocycles. The van der Waals surface area contributed by atoms with Crippen molar-refractivity contribution in [2.45, 2.75) is 65.7 Å². The van der Waals surface area contributed by atoms with E-state index >= 15 is 0 Å². The zero-order chi connectivity index (χ0) is 22.0. The van der Waals surface area contributed by atoms with Crippen molar-refractivity contribution in [3.63, 3.8) is 0 Å². The number of fused-ring (bicyclic) bond motifs is 1. The zero-order valence-corrected chi connectivity index (χ0v) is 19.3. The molecule has 4 nitrogen and oxygen atoms in total. The Balaban J connectivity index is 1.61. The van der Waals surface area contributed by atoms with E-state index < -0.39 is 0 Å². The van der Waals surface area contributed by atoms with Crippen LogP contribution in [0.2, 0.25) is 0 Å². The number of unbranched alkanes of at least 4 members (excludes halogenated alkanes) is 1. The molecule has 0 saturated carbocycles. The zero-order valence-electron chi connectivity index (χ0n) is 19.3. The molecular weight excluding hydrogens is 382 g/mol. The van der Waals surface area contributed by atoms with Crippen LogP contribution in [0.15, 0.2) is 60.8 Å². The fraction of sp³-hybridized carbons (Fsp3) is 0.444. The molecule has 3 aromatic rings. The Morgan fingerprint density at radius 3 is 2.42 bits per heavy atom. The number of amides is 1. The van der Waals surface area contributed by atoms with Crippen LogP contribution in [-0.2, 0) is 17.8 Å². The van der Waals surface area contributed by atoms with Gasteiger partial charge in [-0.1, -0.05) is 82.6 Å². The highest BCUT2D eigenvalue weighted by Crippen LogP contribution is 2.30. The smallest absolute Gasteiger partial charge is 0.241 e. The van der Waals surface area contributed by atoms with E-state index in [2.05, 4.69) is 103 Å². The third-order valence-electron chi connectivity index (χ3n) is 6.32. The van der Waals surface area contributed by atoms with Crippen molar-refractivity contribution in [1.82, 2.24) is 14.8 Å². The van der Waals surface area contributed by atoms with E-state index in [0.29, 0.717) is 0 Å².